The molecule has 3 rings (SSSR count). The summed E-state index contributed by atoms with van der Waals surface area (Å²) in [5.74, 6) is 2.30. The van der Waals surface area contributed by atoms with Crippen molar-refractivity contribution in [3.05, 3.63) is 0 Å². The van der Waals surface area contributed by atoms with E-state index in [9.17, 15) is 4.79 Å². The number of hydrogen-bond acceptors (Lipinski definition) is 3. The summed E-state index contributed by atoms with van der Waals surface area (Å²) in [7, 11) is 0. The van der Waals surface area contributed by atoms with Gasteiger partial charge in [-0.2, -0.15) is 0 Å². The summed E-state index contributed by atoms with van der Waals surface area (Å²) < 4.78 is 4.78. The van der Waals surface area contributed by atoms with Gasteiger partial charge in [0, 0.05) is 12.5 Å². The highest BCUT2D eigenvalue weighted by molar-refractivity contribution is 5.57. The van der Waals surface area contributed by atoms with Crippen molar-refractivity contribution in [1.82, 2.24) is 5.32 Å². The van der Waals surface area contributed by atoms with Crippen molar-refractivity contribution in [1.29, 1.82) is 0 Å². The van der Waals surface area contributed by atoms with Gasteiger partial charge >= 0.3 is 6.16 Å². The Labute approximate surface area is 82.6 Å². The number of carboxylic acid groups (broad SMARTS) is 1. The zero-order valence-electron chi connectivity index (χ0n) is 7.98. The van der Waals surface area contributed by atoms with Gasteiger partial charge in [-0.15, -0.1) is 0 Å². The van der Waals surface area contributed by atoms with E-state index in [-0.39, 0.29) is 6.23 Å². The first-order chi connectivity index (χ1) is 6.74. The van der Waals surface area contributed by atoms with E-state index in [1.807, 2.05) is 0 Å². The lowest BCUT2D eigenvalue weighted by atomic mass is 9.85. The molecule has 1 saturated heterocycles. The smallest absolute Gasteiger partial charge is 0.450 e. The Hall–Kier alpha value is -0.770. The molecule has 0 aromatic heterocycles. The minimum atomic E-state index is -1.16. The average molecular weight is 197 g/mol. The fourth-order valence-corrected chi connectivity index (χ4v) is 3.74. The zero-order chi connectivity index (χ0) is 9.71. The second-order valence-electron chi connectivity index (χ2n) is 4.80. The first-order valence-corrected chi connectivity index (χ1v) is 5.39. The molecule has 4 nitrogen and oxygen atoms in total. The van der Waals surface area contributed by atoms with Gasteiger partial charge < -0.3 is 9.84 Å². The van der Waals surface area contributed by atoms with E-state index in [4.69, 9.17) is 9.84 Å². The van der Waals surface area contributed by atoms with Crippen molar-refractivity contribution in [2.24, 2.45) is 17.8 Å². The predicted molar refractivity (Wildman–Crippen MR) is 48.8 cm³/mol. The highest BCUT2D eigenvalue weighted by Gasteiger charge is 2.52. The largest absolute Gasteiger partial charge is 0.507 e. The number of carbonyl (C=O) groups is 1. The van der Waals surface area contributed by atoms with Crippen LogP contribution >= 0.6 is 0 Å². The van der Waals surface area contributed by atoms with Gasteiger partial charge in [0.2, 0.25) is 0 Å². The monoisotopic (exact) mass is 197 g/mol. The minimum absolute atomic E-state index is 0.245. The van der Waals surface area contributed by atoms with Crippen LogP contribution in [0.25, 0.3) is 0 Å². The molecule has 0 aromatic rings. The van der Waals surface area contributed by atoms with Crippen LogP contribution in [0.3, 0.4) is 0 Å². The maximum atomic E-state index is 10.4. The van der Waals surface area contributed by atoms with E-state index < -0.39 is 6.16 Å². The van der Waals surface area contributed by atoms with Crippen LogP contribution in [0.4, 0.5) is 4.79 Å². The molecule has 2 N–H and O–H groups in total. The lowest BCUT2D eigenvalue weighted by Gasteiger charge is -2.23. The molecule has 0 spiro atoms. The van der Waals surface area contributed by atoms with Gasteiger partial charge in [-0.25, -0.2) is 4.79 Å². The van der Waals surface area contributed by atoms with Crippen molar-refractivity contribution in [2.75, 3.05) is 0 Å². The molecule has 14 heavy (non-hydrogen) atoms. The molecule has 1 heterocycles. The standard InChI is InChI=1S/C10H15NO3/c12-10(13)14-8-4-7-5-1-2-6(3-5)9(7)11-8/h5-9,11H,1-4H2,(H,12,13)/t5-,6+,7-,8+,9+/m0/s1. The molecular weight excluding hydrogens is 182 g/mol. The van der Waals surface area contributed by atoms with Crippen LogP contribution < -0.4 is 5.32 Å². The van der Waals surface area contributed by atoms with Crippen LogP contribution in [0.1, 0.15) is 25.7 Å². The highest BCUT2D eigenvalue weighted by atomic mass is 16.7. The van der Waals surface area contributed by atoms with Crippen molar-refractivity contribution in [3.63, 3.8) is 0 Å². The predicted octanol–water partition coefficient (Wildman–Crippen LogP) is 1.42. The number of rotatable bonds is 1. The molecule has 1 aliphatic heterocycles. The minimum Gasteiger partial charge on any atom is -0.450 e. The quantitative estimate of drug-likeness (QED) is 0.624. The number of ether oxygens (including phenoxy) is 1. The lowest BCUT2D eigenvalue weighted by molar-refractivity contribution is 0.0406. The summed E-state index contributed by atoms with van der Waals surface area (Å²) in [5.41, 5.74) is 0. The summed E-state index contributed by atoms with van der Waals surface area (Å²) in [6, 6.07) is 0.540. The van der Waals surface area contributed by atoms with Gasteiger partial charge in [-0.3, -0.25) is 5.32 Å². The van der Waals surface area contributed by atoms with Crippen LogP contribution in [-0.2, 0) is 4.74 Å². The first-order valence-electron chi connectivity index (χ1n) is 5.39. The maximum absolute atomic E-state index is 10.4. The SMILES string of the molecule is O=C(O)O[C@@H]1C[C@H]2[C@H]3CC[C@H](C3)[C@H]2N1. The van der Waals surface area contributed by atoms with Gasteiger partial charge in [0.05, 0.1) is 0 Å². The second kappa shape index (κ2) is 2.86. The maximum Gasteiger partial charge on any atom is 0.507 e. The van der Waals surface area contributed by atoms with Crippen LogP contribution in [0, 0.1) is 17.8 Å². The van der Waals surface area contributed by atoms with Gasteiger partial charge in [0.25, 0.3) is 0 Å². The Kier molecular flexibility index (Phi) is 1.74. The number of fused-ring (bicyclic) bond motifs is 5. The molecule has 5 atom stereocenters. The second-order valence-corrected chi connectivity index (χ2v) is 4.80. The molecule has 2 bridgehead atoms. The van der Waals surface area contributed by atoms with Gasteiger partial charge in [-0.1, -0.05) is 0 Å². The molecule has 0 radical (unpaired) electrons. The number of nitrogens with one attached hydrogen (secondary N) is 1. The van der Waals surface area contributed by atoms with Crippen molar-refractivity contribution < 1.29 is 14.6 Å². The van der Waals surface area contributed by atoms with Gasteiger partial charge in [0.15, 0.2) is 6.23 Å². The van der Waals surface area contributed by atoms with Crippen molar-refractivity contribution >= 4 is 6.16 Å². The lowest BCUT2D eigenvalue weighted by Crippen LogP contribution is -2.37. The summed E-state index contributed by atoms with van der Waals surface area (Å²) in [5, 5.41) is 11.8. The molecule has 2 aliphatic carbocycles. The van der Waals surface area contributed by atoms with E-state index in [0.717, 1.165) is 18.3 Å². The molecule has 2 saturated carbocycles. The summed E-state index contributed by atoms with van der Waals surface area (Å²) in [6.45, 7) is 0. The van der Waals surface area contributed by atoms with Crippen LogP contribution in [-0.4, -0.2) is 23.5 Å². The Bertz CT molecular complexity index is 250. The van der Waals surface area contributed by atoms with E-state index in [2.05, 4.69) is 5.32 Å². The van der Waals surface area contributed by atoms with Crippen molar-refractivity contribution in [3.8, 4) is 0 Å². The molecule has 4 heteroatoms. The number of hydrogen-bond donors (Lipinski definition) is 2. The fraction of sp³-hybridized carbons (Fsp3) is 0.900. The van der Waals surface area contributed by atoms with Crippen LogP contribution in [0.5, 0.6) is 0 Å². The van der Waals surface area contributed by atoms with Crippen LogP contribution in [0.15, 0.2) is 0 Å². The van der Waals surface area contributed by atoms with Crippen LogP contribution in [0.2, 0.25) is 0 Å². The van der Waals surface area contributed by atoms with E-state index in [1.165, 1.54) is 19.3 Å². The fourth-order valence-electron chi connectivity index (χ4n) is 3.74. The Morgan fingerprint density at radius 1 is 1.29 bits per heavy atom. The Morgan fingerprint density at radius 3 is 2.79 bits per heavy atom. The third-order valence-electron chi connectivity index (χ3n) is 4.20. The van der Waals surface area contributed by atoms with Gasteiger partial charge in [0.1, 0.15) is 0 Å². The van der Waals surface area contributed by atoms with Gasteiger partial charge in [-0.05, 0) is 37.0 Å². The summed E-state index contributed by atoms with van der Waals surface area (Å²) >= 11 is 0. The first kappa shape index (κ1) is 8.53. The summed E-state index contributed by atoms with van der Waals surface area (Å²) in [4.78, 5) is 10.4. The molecule has 0 amide bonds. The zero-order valence-corrected chi connectivity index (χ0v) is 7.98. The third-order valence-corrected chi connectivity index (χ3v) is 4.20. The normalized spacial score (nSPS) is 49.3. The molecule has 0 aromatic carbocycles. The molecule has 3 aliphatic rings. The van der Waals surface area contributed by atoms with E-state index in [1.54, 1.807) is 0 Å². The summed E-state index contributed by atoms with van der Waals surface area (Å²) in [6.07, 6.45) is 3.49. The Morgan fingerprint density at radius 2 is 2.07 bits per heavy atom. The van der Waals surface area contributed by atoms with E-state index in [0.29, 0.717) is 12.0 Å². The molecule has 3 fully saturated rings. The van der Waals surface area contributed by atoms with E-state index >= 15 is 0 Å². The topological polar surface area (TPSA) is 58.6 Å². The molecule has 0 unspecified atom stereocenters. The highest BCUT2D eigenvalue weighted by Crippen LogP contribution is 2.52. The Balaban J connectivity index is 1.68. The van der Waals surface area contributed by atoms with Crippen molar-refractivity contribution in [2.45, 2.75) is 38.0 Å². The third kappa shape index (κ3) is 1.13. The molecule has 78 valence electrons. The average Bonchev–Trinajstić information content (AvgIpc) is 2.69. The molecular formula is C10H15NO3.